The van der Waals surface area contributed by atoms with Gasteiger partial charge in [0.05, 0.1) is 5.56 Å². The van der Waals surface area contributed by atoms with Crippen LogP contribution in [0.25, 0.3) is 0 Å². The van der Waals surface area contributed by atoms with Gasteiger partial charge in [0.2, 0.25) is 5.91 Å². The van der Waals surface area contributed by atoms with E-state index in [9.17, 15) is 19.2 Å². The second kappa shape index (κ2) is 10.6. The summed E-state index contributed by atoms with van der Waals surface area (Å²) >= 11 is 0. The molecule has 8 nitrogen and oxygen atoms in total. The highest BCUT2D eigenvalue weighted by Gasteiger charge is 2.13. The van der Waals surface area contributed by atoms with Gasteiger partial charge in [-0.05, 0) is 42.8 Å². The molecule has 0 fully saturated rings. The first-order chi connectivity index (χ1) is 13.9. The SMILES string of the molecule is CCCC(=O)Nc1ccc(C(=O)COC(=O)COc2ccccc2C(N)=O)cc1. The fraction of sp³-hybridized carbons (Fsp3) is 0.238. The summed E-state index contributed by atoms with van der Waals surface area (Å²) in [4.78, 5) is 46.8. The van der Waals surface area contributed by atoms with E-state index < -0.39 is 30.9 Å². The molecule has 0 aliphatic carbocycles. The van der Waals surface area contributed by atoms with E-state index in [2.05, 4.69) is 5.32 Å². The van der Waals surface area contributed by atoms with E-state index in [4.69, 9.17) is 15.2 Å². The Kier molecular flexibility index (Phi) is 7.90. The molecule has 0 bridgehead atoms. The largest absolute Gasteiger partial charge is 0.481 e. The molecule has 0 heterocycles. The molecule has 0 aliphatic heterocycles. The van der Waals surface area contributed by atoms with E-state index in [1.807, 2.05) is 6.92 Å². The van der Waals surface area contributed by atoms with Crippen LogP contribution in [0.3, 0.4) is 0 Å². The van der Waals surface area contributed by atoms with Crippen LogP contribution < -0.4 is 15.8 Å². The maximum atomic E-state index is 12.1. The monoisotopic (exact) mass is 398 g/mol. The molecule has 152 valence electrons. The van der Waals surface area contributed by atoms with Gasteiger partial charge in [-0.15, -0.1) is 0 Å². The quantitative estimate of drug-likeness (QED) is 0.467. The number of benzene rings is 2. The number of primary amides is 1. The van der Waals surface area contributed by atoms with Crippen LogP contribution in [-0.4, -0.2) is 36.8 Å². The van der Waals surface area contributed by atoms with Crippen LogP contribution in [0.1, 0.15) is 40.5 Å². The summed E-state index contributed by atoms with van der Waals surface area (Å²) < 4.78 is 10.2. The second-order valence-corrected chi connectivity index (χ2v) is 6.11. The van der Waals surface area contributed by atoms with Gasteiger partial charge in [0.25, 0.3) is 5.91 Å². The molecule has 2 aromatic carbocycles. The minimum absolute atomic E-state index is 0.0987. The van der Waals surface area contributed by atoms with Gasteiger partial charge in [0.15, 0.2) is 19.0 Å². The predicted octanol–water partition coefficient (Wildman–Crippen LogP) is 2.33. The van der Waals surface area contributed by atoms with Crippen LogP contribution in [0.15, 0.2) is 48.5 Å². The lowest BCUT2D eigenvalue weighted by molar-refractivity contribution is -0.144. The van der Waals surface area contributed by atoms with Crippen molar-refractivity contribution < 1.29 is 28.7 Å². The Balaban J connectivity index is 1.82. The molecular weight excluding hydrogens is 376 g/mol. The Hall–Kier alpha value is -3.68. The number of hydrogen-bond acceptors (Lipinski definition) is 6. The first-order valence-corrected chi connectivity index (χ1v) is 9.01. The molecule has 8 heteroatoms. The normalized spacial score (nSPS) is 10.1. The van der Waals surface area contributed by atoms with Crippen molar-refractivity contribution in [3.63, 3.8) is 0 Å². The Morgan fingerprint density at radius 1 is 0.966 bits per heavy atom. The van der Waals surface area contributed by atoms with Crippen LogP contribution >= 0.6 is 0 Å². The van der Waals surface area contributed by atoms with E-state index >= 15 is 0 Å². The molecule has 0 unspecified atom stereocenters. The van der Waals surface area contributed by atoms with Crippen molar-refractivity contribution in [2.75, 3.05) is 18.5 Å². The second-order valence-electron chi connectivity index (χ2n) is 6.11. The van der Waals surface area contributed by atoms with E-state index in [-0.39, 0.29) is 17.2 Å². The molecule has 0 saturated heterocycles. The van der Waals surface area contributed by atoms with Crippen LogP contribution in [0.4, 0.5) is 5.69 Å². The fourth-order valence-electron chi connectivity index (χ4n) is 2.39. The van der Waals surface area contributed by atoms with Crippen LogP contribution in [0.5, 0.6) is 5.75 Å². The van der Waals surface area contributed by atoms with Gasteiger partial charge in [0, 0.05) is 17.7 Å². The number of carbonyl (C=O) groups excluding carboxylic acids is 4. The van der Waals surface area contributed by atoms with Crippen molar-refractivity contribution in [1.82, 2.24) is 0 Å². The topological polar surface area (TPSA) is 125 Å². The third-order valence-corrected chi connectivity index (χ3v) is 3.83. The molecule has 2 amide bonds. The summed E-state index contributed by atoms with van der Waals surface area (Å²) in [5.74, 6) is -1.79. The Morgan fingerprint density at radius 3 is 2.31 bits per heavy atom. The van der Waals surface area contributed by atoms with Gasteiger partial charge in [-0.3, -0.25) is 14.4 Å². The number of para-hydroxylation sites is 1. The van der Waals surface area contributed by atoms with Crippen molar-refractivity contribution >= 4 is 29.3 Å². The van der Waals surface area contributed by atoms with E-state index in [1.54, 1.807) is 24.3 Å². The molecule has 3 N–H and O–H groups in total. The number of nitrogens with two attached hydrogens (primary N) is 1. The molecular formula is C21H22N2O6. The van der Waals surface area contributed by atoms with Crippen molar-refractivity contribution in [3.05, 3.63) is 59.7 Å². The third kappa shape index (κ3) is 6.76. The fourth-order valence-corrected chi connectivity index (χ4v) is 2.39. The Bertz CT molecular complexity index is 892. The van der Waals surface area contributed by atoms with Gasteiger partial charge in [-0.2, -0.15) is 0 Å². The predicted molar refractivity (Wildman–Crippen MR) is 106 cm³/mol. The summed E-state index contributed by atoms with van der Waals surface area (Å²) in [5, 5.41) is 2.72. The molecule has 29 heavy (non-hydrogen) atoms. The average Bonchev–Trinajstić information content (AvgIpc) is 2.71. The molecule has 0 aromatic heterocycles. The van der Waals surface area contributed by atoms with Gasteiger partial charge >= 0.3 is 5.97 Å². The number of Topliss-reactive ketones (excluding diaryl/α,β-unsaturated/α-hetero) is 1. The Morgan fingerprint density at radius 2 is 1.66 bits per heavy atom. The van der Waals surface area contributed by atoms with E-state index in [1.165, 1.54) is 24.3 Å². The number of nitrogens with one attached hydrogen (secondary N) is 1. The van der Waals surface area contributed by atoms with Crippen molar-refractivity contribution in [2.24, 2.45) is 5.73 Å². The van der Waals surface area contributed by atoms with Crippen LogP contribution in [0.2, 0.25) is 0 Å². The number of anilines is 1. The lowest BCUT2D eigenvalue weighted by Gasteiger charge is -2.09. The summed E-state index contributed by atoms with van der Waals surface area (Å²) in [7, 11) is 0. The van der Waals surface area contributed by atoms with Gasteiger partial charge in [0.1, 0.15) is 5.75 Å². The molecule has 2 rings (SSSR count). The number of ketones is 1. The zero-order chi connectivity index (χ0) is 21.2. The van der Waals surface area contributed by atoms with E-state index in [0.29, 0.717) is 17.7 Å². The highest BCUT2D eigenvalue weighted by atomic mass is 16.6. The summed E-state index contributed by atoms with van der Waals surface area (Å²) in [6.07, 6.45) is 1.16. The highest BCUT2D eigenvalue weighted by molar-refractivity contribution is 5.99. The molecule has 0 radical (unpaired) electrons. The lowest BCUT2D eigenvalue weighted by Crippen LogP contribution is -2.21. The standard InChI is InChI=1S/C21H22N2O6/c1-2-5-19(25)23-15-10-8-14(9-11-15)17(24)12-29-20(26)13-28-18-7-4-3-6-16(18)21(22)27/h3-4,6-11H,2,5,12-13H2,1H3,(H2,22,27)(H,23,25). The lowest BCUT2D eigenvalue weighted by atomic mass is 10.1. The van der Waals surface area contributed by atoms with Gasteiger partial charge in [-0.25, -0.2) is 4.79 Å². The van der Waals surface area contributed by atoms with Crippen molar-refractivity contribution in [2.45, 2.75) is 19.8 Å². The van der Waals surface area contributed by atoms with E-state index in [0.717, 1.165) is 6.42 Å². The maximum absolute atomic E-state index is 12.1. The molecule has 2 aromatic rings. The van der Waals surface area contributed by atoms with Gasteiger partial charge in [-0.1, -0.05) is 19.1 Å². The summed E-state index contributed by atoms with van der Waals surface area (Å²) in [6.45, 7) is 0.978. The van der Waals surface area contributed by atoms with Crippen LogP contribution in [0, 0.1) is 0 Å². The number of ether oxygens (including phenoxy) is 2. The number of hydrogen-bond donors (Lipinski definition) is 2. The molecule has 0 aliphatic rings. The zero-order valence-electron chi connectivity index (χ0n) is 16.0. The zero-order valence-corrected chi connectivity index (χ0v) is 16.0. The third-order valence-electron chi connectivity index (χ3n) is 3.83. The number of esters is 1. The molecule has 0 saturated carbocycles. The van der Waals surface area contributed by atoms with Gasteiger partial charge < -0.3 is 20.5 Å². The number of carbonyl (C=O) groups is 4. The summed E-state index contributed by atoms with van der Waals surface area (Å²) in [6, 6.07) is 12.5. The molecule has 0 atom stereocenters. The minimum atomic E-state index is -0.763. The Labute approximate surface area is 168 Å². The van der Waals surface area contributed by atoms with Crippen molar-refractivity contribution in [3.8, 4) is 5.75 Å². The average molecular weight is 398 g/mol. The minimum Gasteiger partial charge on any atom is -0.481 e. The summed E-state index contributed by atoms with van der Waals surface area (Å²) in [5.41, 5.74) is 6.30. The number of rotatable bonds is 10. The highest BCUT2D eigenvalue weighted by Crippen LogP contribution is 2.17. The smallest absolute Gasteiger partial charge is 0.344 e. The maximum Gasteiger partial charge on any atom is 0.344 e. The number of amides is 2. The van der Waals surface area contributed by atoms with Crippen molar-refractivity contribution in [1.29, 1.82) is 0 Å². The first kappa shape index (κ1) is 21.6. The molecule has 0 spiro atoms. The van der Waals surface area contributed by atoms with Crippen LogP contribution in [-0.2, 0) is 14.3 Å². The first-order valence-electron chi connectivity index (χ1n) is 9.01.